The zero-order chi connectivity index (χ0) is 14.0. The van der Waals surface area contributed by atoms with E-state index in [0.29, 0.717) is 0 Å². The average Bonchev–Trinajstić information content (AvgIpc) is 2.38. The Labute approximate surface area is 114 Å². The number of rotatable bonds is 3. The fraction of sp³-hybridized carbons (Fsp3) is 0.0714. The Morgan fingerprint density at radius 2 is 1.84 bits per heavy atom. The Kier molecular flexibility index (Phi) is 3.71. The molecule has 0 fully saturated rings. The summed E-state index contributed by atoms with van der Waals surface area (Å²) in [5, 5.41) is 9.25. The van der Waals surface area contributed by atoms with Gasteiger partial charge in [-0.2, -0.15) is 0 Å². The van der Waals surface area contributed by atoms with Crippen molar-refractivity contribution in [3.8, 4) is 16.9 Å². The molecule has 0 amide bonds. The molecule has 3 nitrogen and oxygen atoms in total. The number of ether oxygens (including phenoxy) is 1. The fourth-order valence-corrected chi connectivity index (χ4v) is 2.10. The van der Waals surface area contributed by atoms with E-state index >= 15 is 0 Å². The first kappa shape index (κ1) is 13.4. The standard InChI is InChI=1S/C14H10ClFO3/c1-19-11-7-3-5-9(13(11)16)8-4-2-6-10(15)12(8)14(17)18/h2-7H,1H3,(H,17,18). The summed E-state index contributed by atoms with van der Waals surface area (Å²) in [6.45, 7) is 0. The number of hydrogen-bond acceptors (Lipinski definition) is 2. The minimum Gasteiger partial charge on any atom is -0.494 e. The van der Waals surface area contributed by atoms with Gasteiger partial charge in [0.15, 0.2) is 11.6 Å². The van der Waals surface area contributed by atoms with Crippen LogP contribution >= 0.6 is 11.6 Å². The molecule has 1 N–H and O–H groups in total. The average molecular weight is 281 g/mol. The van der Waals surface area contributed by atoms with Crippen molar-refractivity contribution in [2.24, 2.45) is 0 Å². The van der Waals surface area contributed by atoms with Gasteiger partial charge >= 0.3 is 5.97 Å². The van der Waals surface area contributed by atoms with Gasteiger partial charge in [-0.05, 0) is 12.1 Å². The predicted octanol–water partition coefficient (Wildman–Crippen LogP) is 3.85. The zero-order valence-corrected chi connectivity index (χ0v) is 10.7. The Balaban J connectivity index is 2.73. The molecule has 19 heavy (non-hydrogen) atoms. The van der Waals surface area contributed by atoms with E-state index in [1.807, 2.05) is 0 Å². The summed E-state index contributed by atoms with van der Waals surface area (Å²) in [5.74, 6) is -1.77. The largest absolute Gasteiger partial charge is 0.494 e. The third-order valence-corrected chi connectivity index (χ3v) is 3.02. The summed E-state index contributed by atoms with van der Waals surface area (Å²) in [6, 6.07) is 9.06. The third kappa shape index (κ3) is 2.39. The van der Waals surface area contributed by atoms with E-state index in [2.05, 4.69) is 0 Å². The van der Waals surface area contributed by atoms with Crippen LogP contribution in [0.15, 0.2) is 36.4 Å². The second kappa shape index (κ2) is 5.28. The highest BCUT2D eigenvalue weighted by Gasteiger charge is 2.19. The van der Waals surface area contributed by atoms with Gasteiger partial charge in [-0.3, -0.25) is 0 Å². The van der Waals surface area contributed by atoms with Crippen LogP contribution < -0.4 is 4.74 Å². The second-order valence-electron chi connectivity index (χ2n) is 3.79. The lowest BCUT2D eigenvalue weighted by Crippen LogP contribution is -2.02. The summed E-state index contributed by atoms with van der Waals surface area (Å²) < 4.78 is 19.1. The van der Waals surface area contributed by atoms with Gasteiger partial charge in [0.05, 0.1) is 17.7 Å². The molecule has 0 aromatic heterocycles. The molecule has 0 saturated carbocycles. The Bertz CT molecular complexity index is 641. The van der Waals surface area contributed by atoms with Crippen molar-refractivity contribution in [2.45, 2.75) is 0 Å². The van der Waals surface area contributed by atoms with Crippen LogP contribution in [-0.4, -0.2) is 18.2 Å². The van der Waals surface area contributed by atoms with Gasteiger partial charge in [-0.15, -0.1) is 0 Å². The number of aromatic carboxylic acids is 1. The maximum atomic E-state index is 14.2. The molecule has 0 atom stereocenters. The molecule has 0 bridgehead atoms. The number of carbonyl (C=O) groups is 1. The van der Waals surface area contributed by atoms with Crippen LogP contribution in [0.25, 0.3) is 11.1 Å². The maximum Gasteiger partial charge on any atom is 0.337 e. The third-order valence-electron chi connectivity index (χ3n) is 2.70. The fourth-order valence-electron chi connectivity index (χ4n) is 1.84. The number of methoxy groups -OCH3 is 1. The molecule has 2 rings (SSSR count). The predicted molar refractivity (Wildman–Crippen MR) is 70.4 cm³/mol. The maximum absolute atomic E-state index is 14.2. The molecule has 2 aromatic rings. The first-order chi connectivity index (χ1) is 9.06. The highest BCUT2D eigenvalue weighted by molar-refractivity contribution is 6.34. The molecule has 0 radical (unpaired) electrons. The number of halogens is 2. The van der Waals surface area contributed by atoms with Crippen molar-refractivity contribution in [3.05, 3.63) is 52.8 Å². The van der Waals surface area contributed by atoms with Crippen LogP contribution in [0.3, 0.4) is 0 Å². The topological polar surface area (TPSA) is 46.5 Å². The summed E-state index contributed by atoms with van der Waals surface area (Å²) in [4.78, 5) is 11.2. The van der Waals surface area contributed by atoms with Crippen LogP contribution in [0.4, 0.5) is 4.39 Å². The van der Waals surface area contributed by atoms with Crippen LogP contribution in [0.5, 0.6) is 5.75 Å². The highest BCUT2D eigenvalue weighted by atomic mass is 35.5. The van der Waals surface area contributed by atoms with Crippen molar-refractivity contribution < 1.29 is 19.0 Å². The minimum atomic E-state index is -1.21. The first-order valence-corrected chi connectivity index (χ1v) is 5.78. The molecule has 0 aliphatic rings. The second-order valence-corrected chi connectivity index (χ2v) is 4.20. The van der Waals surface area contributed by atoms with Gasteiger partial charge in [0.1, 0.15) is 0 Å². The van der Waals surface area contributed by atoms with Gasteiger partial charge in [0.25, 0.3) is 0 Å². The Morgan fingerprint density at radius 1 is 1.21 bits per heavy atom. The summed E-state index contributed by atoms with van der Waals surface area (Å²) in [5.41, 5.74) is 0.229. The van der Waals surface area contributed by atoms with Crippen molar-refractivity contribution in [2.75, 3.05) is 7.11 Å². The molecule has 98 valence electrons. The van der Waals surface area contributed by atoms with Crippen LogP contribution in [-0.2, 0) is 0 Å². The summed E-state index contributed by atoms with van der Waals surface area (Å²) in [7, 11) is 1.35. The van der Waals surface area contributed by atoms with E-state index in [0.717, 1.165) is 0 Å². The number of benzene rings is 2. The van der Waals surface area contributed by atoms with Crippen LogP contribution in [0, 0.1) is 5.82 Å². The van der Waals surface area contributed by atoms with Gasteiger partial charge in [-0.25, -0.2) is 9.18 Å². The molecule has 0 unspecified atom stereocenters. The lowest BCUT2D eigenvalue weighted by molar-refractivity contribution is 0.0698. The van der Waals surface area contributed by atoms with E-state index in [4.69, 9.17) is 16.3 Å². The molecular weight excluding hydrogens is 271 g/mol. The van der Waals surface area contributed by atoms with Crippen molar-refractivity contribution in [1.82, 2.24) is 0 Å². The quantitative estimate of drug-likeness (QED) is 0.929. The molecule has 2 aromatic carbocycles. The Hall–Kier alpha value is -2.07. The van der Waals surface area contributed by atoms with E-state index in [-0.39, 0.29) is 27.5 Å². The first-order valence-electron chi connectivity index (χ1n) is 5.41. The molecule has 0 aliphatic heterocycles. The number of carboxylic acids is 1. The highest BCUT2D eigenvalue weighted by Crippen LogP contribution is 2.34. The van der Waals surface area contributed by atoms with Gasteiger partial charge in [0, 0.05) is 11.1 Å². The summed E-state index contributed by atoms with van der Waals surface area (Å²) in [6.07, 6.45) is 0. The lowest BCUT2D eigenvalue weighted by atomic mass is 9.99. The molecule has 0 aliphatic carbocycles. The molecule has 0 heterocycles. The van der Waals surface area contributed by atoms with Crippen molar-refractivity contribution in [3.63, 3.8) is 0 Å². The normalized spacial score (nSPS) is 10.3. The lowest BCUT2D eigenvalue weighted by Gasteiger charge is -2.11. The van der Waals surface area contributed by atoms with Gasteiger partial charge in [0.2, 0.25) is 0 Å². The minimum absolute atomic E-state index is 0.0498. The van der Waals surface area contributed by atoms with Crippen LogP contribution in [0.1, 0.15) is 10.4 Å². The van der Waals surface area contributed by atoms with Gasteiger partial charge in [-0.1, -0.05) is 35.9 Å². The van der Waals surface area contributed by atoms with Crippen molar-refractivity contribution >= 4 is 17.6 Å². The number of carboxylic acid groups (broad SMARTS) is 1. The SMILES string of the molecule is COc1cccc(-c2cccc(Cl)c2C(=O)O)c1F. The number of hydrogen-bond donors (Lipinski definition) is 1. The van der Waals surface area contributed by atoms with Gasteiger partial charge < -0.3 is 9.84 Å². The molecule has 0 spiro atoms. The van der Waals surface area contributed by atoms with E-state index in [1.54, 1.807) is 12.1 Å². The smallest absolute Gasteiger partial charge is 0.337 e. The Morgan fingerprint density at radius 3 is 2.47 bits per heavy atom. The van der Waals surface area contributed by atoms with E-state index < -0.39 is 11.8 Å². The zero-order valence-electron chi connectivity index (χ0n) is 9.98. The van der Waals surface area contributed by atoms with Crippen molar-refractivity contribution in [1.29, 1.82) is 0 Å². The molecule has 5 heteroatoms. The molecule has 0 saturated heterocycles. The van der Waals surface area contributed by atoms with E-state index in [9.17, 15) is 14.3 Å². The molecular formula is C14H10ClFO3. The monoisotopic (exact) mass is 280 g/mol. The summed E-state index contributed by atoms with van der Waals surface area (Å²) >= 11 is 5.87. The van der Waals surface area contributed by atoms with Crippen LogP contribution in [0.2, 0.25) is 5.02 Å². The van der Waals surface area contributed by atoms with E-state index in [1.165, 1.54) is 31.4 Å².